The molecule has 1 aromatic rings. The van der Waals surface area contributed by atoms with Gasteiger partial charge in [-0.1, -0.05) is 23.7 Å². The quantitative estimate of drug-likeness (QED) is 0.825. The Hall–Kier alpha value is -1.37. The van der Waals surface area contributed by atoms with Crippen LogP contribution in [0.25, 0.3) is 0 Å². The number of hydrogen-bond acceptors (Lipinski definition) is 4. The van der Waals surface area contributed by atoms with Crippen molar-refractivity contribution in [1.29, 1.82) is 0 Å². The van der Waals surface area contributed by atoms with Gasteiger partial charge in [0.15, 0.2) is 0 Å². The molecule has 1 aliphatic rings. The van der Waals surface area contributed by atoms with Crippen LogP contribution < -0.4 is 5.73 Å². The Labute approximate surface area is 159 Å². The van der Waals surface area contributed by atoms with E-state index in [4.69, 9.17) is 26.8 Å². The summed E-state index contributed by atoms with van der Waals surface area (Å²) in [5.41, 5.74) is 5.42. The lowest BCUT2D eigenvalue weighted by atomic mass is 9.88. The molecule has 1 unspecified atom stereocenters. The van der Waals surface area contributed by atoms with Gasteiger partial charge in [0.05, 0.1) is 17.7 Å². The first kappa shape index (κ1) is 20.9. The zero-order chi connectivity index (χ0) is 19.3. The van der Waals surface area contributed by atoms with Crippen molar-refractivity contribution in [3.63, 3.8) is 0 Å². The number of rotatable bonds is 5. The molecule has 0 saturated carbocycles. The first-order valence-corrected chi connectivity index (χ1v) is 9.34. The van der Waals surface area contributed by atoms with Crippen molar-refractivity contribution in [2.75, 3.05) is 26.2 Å². The van der Waals surface area contributed by atoms with Crippen LogP contribution in [0.5, 0.6) is 0 Å². The van der Waals surface area contributed by atoms with Gasteiger partial charge in [-0.2, -0.15) is 0 Å². The summed E-state index contributed by atoms with van der Waals surface area (Å²) in [6.45, 7) is 7.20. The zero-order valence-corrected chi connectivity index (χ0v) is 16.4. The van der Waals surface area contributed by atoms with E-state index in [1.807, 2.05) is 20.8 Å². The molecule has 2 N–H and O–H groups in total. The lowest BCUT2D eigenvalue weighted by Crippen LogP contribution is -2.44. The summed E-state index contributed by atoms with van der Waals surface area (Å²) < 4.78 is 25.9. The summed E-state index contributed by atoms with van der Waals surface area (Å²) in [4.78, 5) is 14.1. The molecule has 0 spiro atoms. The third-order valence-electron chi connectivity index (χ3n) is 4.24. The molecule has 1 amide bonds. The predicted molar refractivity (Wildman–Crippen MR) is 99.7 cm³/mol. The molecule has 1 aliphatic heterocycles. The van der Waals surface area contributed by atoms with E-state index >= 15 is 0 Å². The Kier molecular flexibility index (Phi) is 7.26. The standard InChI is InChI=1S/C19H28ClFN2O3/c1-19(2,3)26-18(24)23-10-5-6-13(12-23)17(25-11-9-22)14-7-4-8-15(20)16(14)21/h4,7-8,13,17H,5-6,9-12,22H2,1-3H3/t13?,17-/m1/s1. The number of carbonyl (C=O) groups excluding carboxylic acids is 1. The third-order valence-corrected chi connectivity index (χ3v) is 4.53. The van der Waals surface area contributed by atoms with Crippen LogP contribution in [0.2, 0.25) is 5.02 Å². The molecule has 1 aromatic carbocycles. The largest absolute Gasteiger partial charge is 0.444 e. The Morgan fingerprint density at radius 1 is 1.46 bits per heavy atom. The van der Waals surface area contributed by atoms with Crippen molar-refractivity contribution in [1.82, 2.24) is 4.90 Å². The van der Waals surface area contributed by atoms with Gasteiger partial charge in [-0.15, -0.1) is 0 Å². The predicted octanol–water partition coefficient (Wildman–Crippen LogP) is 4.14. The second-order valence-electron chi connectivity index (χ2n) is 7.55. The van der Waals surface area contributed by atoms with E-state index < -0.39 is 17.5 Å². The Morgan fingerprint density at radius 3 is 2.85 bits per heavy atom. The van der Waals surface area contributed by atoms with Gasteiger partial charge in [-0.3, -0.25) is 0 Å². The van der Waals surface area contributed by atoms with Gasteiger partial charge in [0.2, 0.25) is 0 Å². The zero-order valence-electron chi connectivity index (χ0n) is 15.6. The summed E-state index contributed by atoms with van der Waals surface area (Å²) in [6.07, 6.45) is 0.753. The van der Waals surface area contributed by atoms with Gasteiger partial charge in [0.25, 0.3) is 0 Å². The Bertz CT molecular complexity index is 621. The highest BCUT2D eigenvalue weighted by Crippen LogP contribution is 2.36. The maximum atomic E-state index is 14.6. The van der Waals surface area contributed by atoms with Crippen molar-refractivity contribution in [3.05, 3.63) is 34.6 Å². The molecule has 5 nitrogen and oxygen atoms in total. The summed E-state index contributed by atoms with van der Waals surface area (Å²) in [5, 5.41) is 0.0589. The minimum atomic E-state index is -0.557. The molecule has 1 saturated heterocycles. The van der Waals surface area contributed by atoms with Crippen molar-refractivity contribution in [2.24, 2.45) is 11.7 Å². The second-order valence-corrected chi connectivity index (χ2v) is 7.96. The van der Waals surface area contributed by atoms with E-state index in [0.717, 1.165) is 12.8 Å². The molecule has 26 heavy (non-hydrogen) atoms. The smallest absolute Gasteiger partial charge is 0.410 e. The minimum absolute atomic E-state index is 0.0589. The molecule has 0 radical (unpaired) electrons. The summed E-state index contributed by atoms with van der Waals surface area (Å²) in [7, 11) is 0. The van der Waals surface area contributed by atoms with Crippen molar-refractivity contribution >= 4 is 17.7 Å². The van der Waals surface area contributed by atoms with Crippen molar-refractivity contribution in [3.8, 4) is 0 Å². The summed E-state index contributed by atoms with van der Waals surface area (Å²) in [6, 6.07) is 4.89. The first-order chi connectivity index (χ1) is 12.2. The Morgan fingerprint density at radius 2 is 2.19 bits per heavy atom. The summed E-state index contributed by atoms with van der Waals surface area (Å²) in [5.74, 6) is -0.540. The molecule has 0 aliphatic carbocycles. The van der Waals surface area contributed by atoms with E-state index in [-0.39, 0.29) is 17.0 Å². The van der Waals surface area contributed by atoms with Gasteiger partial charge in [0.1, 0.15) is 11.4 Å². The van der Waals surface area contributed by atoms with E-state index in [1.54, 1.807) is 17.0 Å². The molecule has 2 rings (SSSR count). The highest BCUT2D eigenvalue weighted by molar-refractivity contribution is 6.30. The van der Waals surface area contributed by atoms with Crippen LogP contribution in [0.1, 0.15) is 45.3 Å². The van der Waals surface area contributed by atoms with E-state index in [2.05, 4.69) is 0 Å². The number of nitrogens with two attached hydrogens (primary N) is 1. The van der Waals surface area contributed by atoms with Crippen molar-refractivity contribution in [2.45, 2.75) is 45.3 Å². The van der Waals surface area contributed by atoms with Crippen LogP contribution in [-0.4, -0.2) is 42.8 Å². The van der Waals surface area contributed by atoms with Gasteiger partial charge in [0, 0.05) is 31.1 Å². The van der Waals surface area contributed by atoms with Gasteiger partial charge >= 0.3 is 6.09 Å². The van der Waals surface area contributed by atoms with E-state index in [9.17, 15) is 9.18 Å². The fraction of sp³-hybridized carbons (Fsp3) is 0.632. The number of halogens is 2. The molecule has 1 heterocycles. The minimum Gasteiger partial charge on any atom is -0.444 e. The monoisotopic (exact) mass is 386 g/mol. The number of benzene rings is 1. The van der Waals surface area contributed by atoms with Gasteiger partial charge in [-0.25, -0.2) is 9.18 Å². The van der Waals surface area contributed by atoms with Gasteiger partial charge in [-0.05, 0) is 39.7 Å². The van der Waals surface area contributed by atoms with Crippen LogP contribution in [0, 0.1) is 11.7 Å². The number of amides is 1. The lowest BCUT2D eigenvalue weighted by molar-refractivity contribution is -0.0246. The highest BCUT2D eigenvalue weighted by Gasteiger charge is 2.34. The fourth-order valence-corrected chi connectivity index (χ4v) is 3.35. The molecule has 7 heteroatoms. The average Bonchev–Trinajstić information content (AvgIpc) is 2.57. The second kappa shape index (κ2) is 9.02. The van der Waals surface area contributed by atoms with Crippen LogP contribution in [0.4, 0.5) is 9.18 Å². The molecule has 2 atom stereocenters. The van der Waals surface area contributed by atoms with Crippen LogP contribution >= 0.6 is 11.6 Å². The highest BCUT2D eigenvalue weighted by atomic mass is 35.5. The molecule has 146 valence electrons. The maximum Gasteiger partial charge on any atom is 0.410 e. The van der Waals surface area contributed by atoms with Crippen molar-refractivity contribution < 1.29 is 18.7 Å². The van der Waals surface area contributed by atoms with Gasteiger partial charge < -0.3 is 20.1 Å². The van der Waals surface area contributed by atoms with E-state index in [1.165, 1.54) is 6.07 Å². The molecule has 1 fully saturated rings. The third kappa shape index (κ3) is 5.56. The molecule has 0 bridgehead atoms. The molecule has 0 aromatic heterocycles. The SMILES string of the molecule is CC(C)(C)OC(=O)N1CCCC([C@@H](OCCN)c2cccc(Cl)c2F)C1. The number of likely N-dealkylation sites (tertiary alicyclic amines) is 1. The number of ether oxygens (including phenoxy) is 2. The van der Waals surface area contributed by atoms with Crippen LogP contribution in [-0.2, 0) is 9.47 Å². The van der Waals surface area contributed by atoms with Crippen LogP contribution in [0.3, 0.4) is 0 Å². The number of piperidine rings is 1. The first-order valence-electron chi connectivity index (χ1n) is 8.96. The topological polar surface area (TPSA) is 64.8 Å². The molecular weight excluding hydrogens is 359 g/mol. The number of nitrogens with zero attached hydrogens (tertiary/aromatic N) is 1. The van der Waals surface area contributed by atoms with E-state index in [0.29, 0.717) is 31.8 Å². The number of hydrogen-bond donors (Lipinski definition) is 1. The normalized spacial score (nSPS) is 19.3. The maximum absolute atomic E-state index is 14.6. The number of carbonyl (C=O) groups is 1. The summed E-state index contributed by atoms with van der Waals surface area (Å²) >= 11 is 5.94. The fourth-order valence-electron chi connectivity index (χ4n) is 3.16. The molecular formula is C19H28ClFN2O3. The Balaban J connectivity index is 2.19. The average molecular weight is 387 g/mol. The lowest BCUT2D eigenvalue weighted by Gasteiger charge is -2.37. The van der Waals surface area contributed by atoms with Crippen LogP contribution in [0.15, 0.2) is 18.2 Å².